The van der Waals surface area contributed by atoms with E-state index in [9.17, 15) is 22.4 Å². The third-order valence-corrected chi connectivity index (χ3v) is 2.84. The molecule has 1 rings (SSSR count). The summed E-state index contributed by atoms with van der Waals surface area (Å²) in [7, 11) is 0. The van der Waals surface area contributed by atoms with E-state index in [0.717, 1.165) is 0 Å². The van der Waals surface area contributed by atoms with Gasteiger partial charge in [0.2, 0.25) is 5.91 Å². The number of hydrogen-bond donors (Lipinski definition) is 2. The summed E-state index contributed by atoms with van der Waals surface area (Å²) in [4.78, 5) is 11.5. The zero-order valence-corrected chi connectivity index (χ0v) is 11.1. The van der Waals surface area contributed by atoms with Crippen molar-refractivity contribution >= 4 is 5.91 Å². The summed E-state index contributed by atoms with van der Waals surface area (Å²) in [6.45, 7) is -1.71. The Kier molecular flexibility index (Phi) is 5.09. The van der Waals surface area contributed by atoms with E-state index in [1.54, 1.807) is 0 Å². The predicted octanol–water partition coefficient (Wildman–Crippen LogP) is 1.15. The molecule has 1 heterocycles. The van der Waals surface area contributed by atoms with Gasteiger partial charge in [-0.15, -0.1) is 0 Å². The topological polar surface area (TPSA) is 72.9 Å². The van der Waals surface area contributed by atoms with Gasteiger partial charge in [-0.25, -0.2) is 13.5 Å². The zero-order valence-electron chi connectivity index (χ0n) is 11.1. The monoisotopic (exact) mass is 296 g/mol. The summed E-state index contributed by atoms with van der Waals surface area (Å²) in [6.07, 6.45) is -0.287. The van der Waals surface area contributed by atoms with E-state index in [2.05, 4.69) is 5.10 Å². The van der Waals surface area contributed by atoms with Crippen LogP contribution in [-0.2, 0) is 11.2 Å². The van der Waals surface area contributed by atoms with E-state index in [-0.39, 0.29) is 17.8 Å². The van der Waals surface area contributed by atoms with Crippen LogP contribution in [0.5, 0.6) is 0 Å². The van der Waals surface area contributed by atoms with Crippen LogP contribution in [-0.4, -0.2) is 34.7 Å². The van der Waals surface area contributed by atoms with Crippen molar-refractivity contribution in [3.05, 3.63) is 17.0 Å². The maximum atomic E-state index is 12.9. The number of rotatable bonds is 6. The van der Waals surface area contributed by atoms with Crippen molar-refractivity contribution < 1.29 is 22.4 Å². The van der Waals surface area contributed by atoms with Gasteiger partial charge in [0.15, 0.2) is 0 Å². The molecule has 0 fully saturated rings. The Morgan fingerprint density at radius 1 is 1.45 bits per heavy atom. The molecule has 5 nitrogen and oxygen atoms in total. The van der Waals surface area contributed by atoms with Gasteiger partial charge in [0, 0.05) is 11.3 Å². The van der Waals surface area contributed by atoms with Crippen molar-refractivity contribution in [2.24, 2.45) is 5.73 Å². The van der Waals surface area contributed by atoms with Crippen molar-refractivity contribution in [2.45, 2.75) is 32.7 Å². The predicted molar refractivity (Wildman–Crippen MR) is 63.7 cm³/mol. The minimum atomic E-state index is -3.19. The minimum Gasteiger partial charge on any atom is -0.350 e. The van der Waals surface area contributed by atoms with Crippen LogP contribution in [0.2, 0.25) is 0 Å². The molecule has 1 aromatic rings. The molecule has 0 aromatic carbocycles. The Morgan fingerprint density at radius 3 is 2.50 bits per heavy atom. The molecule has 114 valence electrons. The number of carbonyl (C=O) groups excluding carboxylic acids is 1. The van der Waals surface area contributed by atoms with Gasteiger partial charge in [0.25, 0.3) is 5.92 Å². The summed E-state index contributed by atoms with van der Waals surface area (Å²) in [6, 6.07) is 0. The second-order valence-electron chi connectivity index (χ2n) is 4.39. The SMILES string of the molecule is Cc1nn(C(F)F)c(C)c1CC(=O)NCC(F)(F)CN. The smallest absolute Gasteiger partial charge is 0.333 e. The summed E-state index contributed by atoms with van der Waals surface area (Å²) >= 11 is 0. The third kappa shape index (κ3) is 3.92. The summed E-state index contributed by atoms with van der Waals surface area (Å²) < 4.78 is 51.4. The molecule has 0 radical (unpaired) electrons. The number of carbonyl (C=O) groups is 1. The molecule has 9 heteroatoms. The first-order chi connectivity index (χ1) is 9.18. The number of nitrogens with two attached hydrogens (primary N) is 1. The minimum absolute atomic E-state index is 0.137. The van der Waals surface area contributed by atoms with E-state index in [1.165, 1.54) is 13.8 Å². The highest BCUT2D eigenvalue weighted by Gasteiger charge is 2.27. The molecule has 3 N–H and O–H groups in total. The van der Waals surface area contributed by atoms with Gasteiger partial charge in [-0.2, -0.15) is 13.9 Å². The molecule has 0 aliphatic carbocycles. The number of amides is 1. The van der Waals surface area contributed by atoms with Crippen molar-refractivity contribution in [3.8, 4) is 0 Å². The fourth-order valence-corrected chi connectivity index (χ4v) is 1.67. The molecule has 0 bridgehead atoms. The first-order valence-corrected chi connectivity index (χ1v) is 5.85. The number of nitrogens with one attached hydrogen (secondary N) is 1. The normalized spacial score (nSPS) is 12.0. The van der Waals surface area contributed by atoms with E-state index >= 15 is 0 Å². The van der Waals surface area contributed by atoms with Gasteiger partial charge in [-0.3, -0.25) is 4.79 Å². The van der Waals surface area contributed by atoms with Crippen LogP contribution >= 0.6 is 0 Å². The molecule has 0 atom stereocenters. The Balaban J connectivity index is 2.72. The van der Waals surface area contributed by atoms with E-state index in [4.69, 9.17) is 5.73 Å². The maximum Gasteiger partial charge on any atom is 0.333 e. The van der Waals surface area contributed by atoms with Gasteiger partial charge in [-0.1, -0.05) is 0 Å². The molecule has 1 amide bonds. The van der Waals surface area contributed by atoms with Gasteiger partial charge in [0.05, 0.1) is 25.2 Å². The molecule has 0 unspecified atom stereocenters. The van der Waals surface area contributed by atoms with Crippen LogP contribution in [0.15, 0.2) is 0 Å². The summed E-state index contributed by atoms with van der Waals surface area (Å²) in [5.41, 5.74) is 5.54. The Bertz CT molecular complexity index is 487. The average molecular weight is 296 g/mol. The number of aromatic nitrogens is 2. The van der Waals surface area contributed by atoms with Crippen LogP contribution in [0.4, 0.5) is 17.6 Å². The van der Waals surface area contributed by atoms with Crippen molar-refractivity contribution in [1.82, 2.24) is 15.1 Å². The largest absolute Gasteiger partial charge is 0.350 e. The van der Waals surface area contributed by atoms with Crippen molar-refractivity contribution in [3.63, 3.8) is 0 Å². The third-order valence-electron chi connectivity index (χ3n) is 2.84. The van der Waals surface area contributed by atoms with Gasteiger partial charge >= 0.3 is 6.55 Å². The number of hydrogen-bond acceptors (Lipinski definition) is 3. The van der Waals surface area contributed by atoms with E-state index in [0.29, 0.717) is 10.2 Å². The van der Waals surface area contributed by atoms with Crippen LogP contribution in [0.25, 0.3) is 0 Å². The van der Waals surface area contributed by atoms with Gasteiger partial charge in [0.1, 0.15) is 0 Å². The molecular weight excluding hydrogens is 280 g/mol. The fourth-order valence-electron chi connectivity index (χ4n) is 1.67. The molecule has 0 saturated heterocycles. The standard InChI is InChI=1S/C11H16F4N4O/c1-6-8(7(2)19(18-6)10(12)13)3-9(20)17-5-11(14,15)4-16/h10H,3-5,16H2,1-2H3,(H,17,20). The van der Waals surface area contributed by atoms with Gasteiger partial charge < -0.3 is 11.1 Å². The van der Waals surface area contributed by atoms with Crippen LogP contribution in [0.1, 0.15) is 23.5 Å². The lowest BCUT2D eigenvalue weighted by molar-refractivity contribution is -0.122. The first kappa shape index (κ1) is 16.4. The molecule has 1 aromatic heterocycles. The lowest BCUT2D eigenvalue weighted by Crippen LogP contribution is -2.42. The van der Waals surface area contributed by atoms with Crippen molar-refractivity contribution in [1.29, 1.82) is 0 Å². The van der Waals surface area contributed by atoms with Gasteiger partial charge in [-0.05, 0) is 13.8 Å². The number of aryl methyl sites for hydroxylation is 1. The first-order valence-electron chi connectivity index (χ1n) is 5.85. The number of halogens is 4. The molecule has 20 heavy (non-hydrogen) atoms. The van der Waals surface area contributed by atoms with E-state index in [1.807, 2.05) is 5.32 Å². The Hall–Kier alpha value is -1.64. The maximum absolute atomic E-state index is 12.9. The average Bonchev–Trinajstić information content (AvgIpc) is 2.65. The molecular formula is C11H16F4N4O. The Labute approximate surface area is 113 Å². The summed E-state index contributed by atoms with van der Waals surface area (Å²) in [5, 5.41) is 5.63. The molecule has 0 aliphatic heterocycles. The quantitative estimate of drug-likeness (QED) is 0.773. The Morgan fingerprint density at radius 2 is 2.05 bits per heavy atom. The van der Waals surface area contributed by atoms with E-state index < -0.39 is 31.5 Å². The lowest BCUT2D eigenvalue weighted by atomic mass is 10.1. The molecule has 0 aliphatic rings. The second kappa shape index (κ2) is 6.21. The second-order valence-corrected chi connectivity index (χ2v) is 4.39. The van der Waals surface area contributed by atoms with Crippen LogP contribution in [0, 0.1) is 13.8 Å². The van der Waals surface area contributed by atoms with Crippen LogP contribution < -0.4 is 11.1 Å². The zero-order chi connectivity index (χ0) is 15.5. The molecule has 0 saturated carbocycles. The highest BCUT2D eigenvalue weighted by molar-refractivity contribution is 5.79. The summed E-state index contributed by atoms with van der Waals surface area (Å²) in [5.74, 6) is -3.88. The van der Waals surface area contributed by atoms with Crippen molar-refractivity contribution in [2.75, 3.05) is 13.1 Å². The molecule has 0 spiro atoms. The highest BCUT2D eigenvalue weighted by Crippen LogP contribution is 2.19. The fraction of sp³-hybridized carbons (Fsp3) is 0.636. The number of nitrogens with zero attached hydrogens (tertiary/aromatic N) is 2. The highest BCUT2D eigenvalue weighted by atomic mass is 19.3. The number of alkyl halides is 4. The van der Waals surface area contributed by atoms with Crippen LogP contribution in [0.3, 0.4) is 0 Å². The lowest BCUT2D eigenvalue weighted by Gasteiger charge is -2.14.